The molecule has 1 fully saturated rings. The number of anilines is 1. The molecule has 3 aromatic carbocycles. The van der Waals surface area contributed by atoms with Crippen LogP contribution >= 0.6 is 0 Å². The van der Waals surface area contributed by atoms with E-state index in [0.29, 0.717) is 31.0 Å². The van der Waals surface area contributed by atoms with E-state index in [-0.39, 0.29) is 12.6 Å². The number of hydrogen-bond acceptors (Lipinski definition) is 6. The highest BCUT2D eigenvalue weighted by Crippen LogP contribution is 2.31. The van der Waals surface area contributed by atoms with E-state index in [0.717, 1.165) is 48.3 Å². The molecule has 2 heterocycles. The third kappa shape index (κ3) is 6.32. The van der Waals surface area contributed by atoms with E-state index in [1.54, 1.807) is 0 Å². The fourth-order valence-electron chi connectivity index (χ4n) is 5.47. The third-order valence-electron chi connectivity index (χ3n) is 7.64. The Labute approximate surface area is 236 Å². The number of aliphatic hydroxyl groups is 1. The number of esters is 1. The van der Waals surface area contributed by atoms with Gasteiger partial charge in [0.2, 0.25) is 0 Å². The van der Waals surface area contributed by atoms with Crippen LogP contribution in [0.3, 0.4) is 0 Å². The molecule has 7 heteroatoms. The van der Waals surface area contributed by atoms with Crippen LogP contribution in [0.25, 0.3) is 10.9 Å². The van der Waals surface area contributed by atoms with Crippen molar-refractivity contribution >= 4 is 22.6 Å². The summed E-state index contributed by atoms with van der Waals surface area (Å²) < 4.78 is 13.6. The van der Waals surface area contributed by atoms with Crippen LogP contribution in [0.1, 0.15) is 34.1 Å². The standard InChI is InChI=1S/C33H39N3O4/c1-4-39-33(38)32-25(3)36(21-26-8-6-5-7-9-26)31-15-14-29(20-30(31)32)40-23-28(37)22-34-16-18-35(19-17-34)27-12-10-24(2)11-13-27/h5-15,20,28,37H,4,16-19,21-23H2,1-3H3. The number of benzene rings is 3. The van der Waals surface area contributed by atoms with Gasteiger partial charge < -0.3 is 24.0 Å². The molecule has 0 amide bonds. The number of carbonyl (C=O) groups is 1. The van der Waals surface area contributed by atoms with Crippen molar-refractivity contribution in [3.63, 3.8) is 0 Å². The van der Waals surface area contributed by atoms with Gasteiger partial charge in [0.1, 0.15) is 18.5 Å². The Kier molecular flexibility index (Phi) is 8.72. The van der Waals surface area contributed by atoms with Gasteiger partial charge in [-0.15, -0.1) is 0 Å². The third-order valence-corrected chi connectivity index (χ3v) is 7.64. The normalized spacial score (nSPS) is 14.8. The van der Waals surface area contributed by atoms with Gasteiger partial charge in [0.15, 0.2) is 0 Å². The topological polar surface area (TPSA) is 67.2 Å². The van der Waals surface area contributed by atoms with Crippen LogP contribution in [0.4, 0.5) is 5.69 Å². The van der Waals surface area contributed by atoms with Crippen molar-refractivity contribution in [2.45, 2.75) is 33.4 Å². The molecule has 4 aromatic rings. The second-order valence-corrected chi connectivity index (χ2v) is 10.5. The quantitative estimate of drug-likeness (QED) is 0.284. The van der Waals surface area contributed by atoms with Crippen molar-refractivity contribution in [2.75, 3.05) is 50.8 Å². The molecule has 1 aromatic heterocycles. The predicted molar refractivity (Wildman–Crippen MR) is 160 cm³/mol. The smallest absolute Gasteiger partial charge is 0.340 e. The molecule has 0 spiro atoms. The molecule has 1 aliphatic rings. The maximum Gasteiger partial charge on any atom is 0.340 e. The Bertz CT molecular complexity index is 1420. The van der Waals surface area contributed by atoms with Gasteiger partial charge in [0.25, 0.3) is 0 Å². The van der Waals surface area contributed by atoms with Crippen molar-refractivity contribution in [3.8, 4) is 5.75 Å². The van der Waals surface area contributed by atoms with E-state index in [2.05, 4.69) is 57.7 Å². The lowest BCUT2D eigenvalue weighted by molar-refractivity contribution is 0.0527. The van der Waals surface area contributed by atoms with E-state index in [1.807, 2.05) is 50.2 Å². The monoisotopic (exact) mass is 541 g/mol. The largest absolute Gasteiger partial charge is 0.491 e. The number of β-amino-alcohol motifs (C(OH)–C–C–N with tert-alkyl or cyclic N) is 1. The Hall–Kier alpha value is -3.81. The number of ether oxygens (including phenoxy) is 2. The minimum absolute atomic E-state index is 0.183. The minimum Gasteiger partial charge on any atom is -0.491 e. The van der Waals surface area contributed by atoms with Crippen molar-refractivity contribution < 1.29 is 19.4 Å². The number of aromatic nitrogens is 1. The van der Waals surface area contributed by atoms with Crippen molar-refractivity contribution in [1.29, 1.82) is 0 Å². The first-order chi connectivity index (χ1) is 19.4. The molecule has 1 saturated heterocycles. The van der Waals surface area contributed by atoms with Crippen LogP contribution in [-0.4, -0.2) is 72.6 Å². The highest BCUT2D eigenvalue weighted by Gasteiger charge is 2.23. The summed E-state index contributed by atoms with van der Waals surface area (Å²) in [6.45, 7) is 11.2. The molecule has 1 N–H and O–H groups in total. The first kappa shape index (κ1) is 27.7. The molecule has 0 saturated carbocycles. The van der Waals surface area contributed by atoms with Crippen molar-refractivity contribution in [3.05, 3.63) is 95.2 Å². The zero-order chi connectivity index (χ0) is 28.1. The van der Waals surface area contributed by atoms with Gasteiger partial charge in [0, 0.05) is 61.6 Å². The molecule has 1 unspecified atom stereocenters. The second kappa shape index (κ2) is 12.6. The van der Waals surface area contributed by atoms with E-state index in [1.165, 1.54) is 11.3 Å². The lowest BCUT2D eigenvalue weighted by Gasteiger charge is -2.36. The zero-order valence-electron chi connectivity index (χ0n) is 23.7. The SMILES string of the molecule is CCOC(=O)c1c(C)n(Cc2ccccc2)c2ccc(OCC(O)CN3CCN(c4ccc(C)cc4)CC3)cc12. The number of hydrogen-bond donors (Lipinski definition) is 1. The summed E-state index contributed by atoms with van der Waals surface area (Å²) in [5, 5.41) is 11.6. The highest BCUT2D eigenvalue weighted by atomic mass is 16.5. The summed E-state index contributed by atoms with van der Waals surface area (Å²) in [5.74, 6) is 0.289. The van der Waals surface area contributed by atoms with Crippen LogP contribution < -0.4 is 9.64 Å². The van der Waals surface area contributed by atoms with Crippen LogP contribution in [0.15, 0.2) is 72.8 Å². The minimum atomic E-state index is -0.615. The van der Waals surface area contributed by atoms with Crippen LogP contribution in [-0.2, 0) is 11.3 Å². The molecule has 210 valence electrons. The molecular formula is C33H39N3O4. The van der Waals surface area contributed by atoms with Crippen molar-refractivity contribution in [1.82, 2.24) is 9.47 Å². The number of aryl methyl sites for hydroxylation is 1. The summed E-state index contributed by atoms with van der Waals surface area (Å²) >= 11 is 0. The van der Waals surface area contributed by atoms with Gasteiger partial charge in [-0.05, 0) is 56.7 Å². The van der Waals surface area contributed by atoms with Gasteiger partial charge in [-0.25, -0.2) is 4.79 Å². The average molecular weight is 542 g/mol. The van der Waals surface area contributed by atoms with Crippen LogP contribution in [0.5, 0.6) is 5.75 Å². The molecule has 1 atom stereocenters. The lowest BCUT2D eigenvalue weighted by atomic mass is 10.1. The summed E-state index contributed by atoms with van der Waals surface area (Å²) in [7, 11) is 0. The molecule has 5 rings (SSSR count). The maximum absolute atomic E-state index is 12.9. The van der Waals surface area contributed by atoms with Gasteiger partial charge in [-0.1, -0.05) is 48.0 Å². The summed E-state index contributed by atoms with van der Waals surface area (Å²) in [6.07, 6.45) is -0.615. The summed E-state index contributed by atoms with van der Waals surface area (Å²) in [5.41, 5.74) is 6.04. The number of aliphatic hydroxyl groups excluding tert-OH is 1. The molecule has 40 heavy (non-hydrogen) atoms. The van der Waals surface area contributed by atoms with Gasteiger partial charge >= 0.3 is 5.97 Å². The summed E-state index contributed by atoms with van der Waals surface area (Å²) in [4.78, 5) is 17.6. The number of fused-ring (bicyclic) bond motifs is 1. The van der Waals surface area contributed by atoms with E-state index < -0.39 is 6.10 Å². The first-order valence-corrected chi connectivity index (χ1v) is 14.1. The molecule has 0 radical (unpaired) electrons. The fraction of sp³-hybridized carbons (Fsp3) is 0.364. The molecule has 1 aliphatic heterocycles. The molecule has 0 bridgehead atoms. The second-order valence-electron chi connectivity index (χ2n) is 10.5. The van der Waals surface area contributed by atoms with Gasteiger partial charge in [-0.3, -0.25) is 4.90 Å². The van der Waals surface area contributed by atoms with E-state index >= 15 is 0 Å². The van der Waals surface area contributed by atoms with E-state index in [9.17, 15) is 9.90 Å². The zero-order valence-corrected chi connectivity index (χ0v) is 23.7. The summed E-state index contributed by atoms with van der Waals surface area (Å²) in [6, 6.07) is 24.6. The number of carbonyl (C=O) groups excluding carboxylic acids is 1. The molecule has 0 aliphatic carbocycles. The lowest BCUT2D eigenvalue weighted by Crippen LogP contribution is -2.49. The Morgan fingerprint density at radius 3 is 2.38 bits per heavy atom. The first-order valence-electron chi connectivity index (χ1n) is 14.1. The van der Waals surface area contributed by atoms with Crippen LogP contribution in [0, 0.1) is 13.8 Å². The molecule has 7 nitrogen and oxygen atoms in total. The highest BCUT2D eigenvalue weighted by molar-refractivity contribution is 6.06. The van der Waals surface area contributed by atoms with E-state index in [4.69, 9.17) is 9.47 Å². The Morgan fingerprint density at radius 1 is 0.950 bits per heavy atom. The molecular weight excluding hydrogens is 502 g/mol. The number of rotatable bonds is 10. The van der Waals surface area contributed by atoms with Crippen LogP contribution in [0.2, 0.25) is 0 Å². The predicted octanol–water partition coefficient (Wildman–Crippen LogP) is 5.05. The van der Waals surface area contributed by atoms with Crippen molar-refractivity contribution in [2.24, 2.45) is 0 Å². The number of piperazine rings is 1. The van der Waals surface area contributed by atoms with Gasteiger partial charge in [0.05, 0.1) is 12.2 Å². The maximum atomic E-state index is 12.9. The van der Waals surface area contributed by atoms with Gasteiger partial charge in [-0.2, -0.15) is 0 Å². The fourth-order valence-corrected chi connectivity index (χ4v) is 5.47. The number of nitrogens with zero attached hydrogens (tertiary/aromatic N) is 3. The average Bonchev–Trinajstić information content (AvgIpc) is 3.23. The Morgan fingerprint density at radius 2 is 1.68 bits per heavy atom. The Balaban J connectivity index is 1.24.